The summed E-state index contributed by atoms with van der Waals surface area (Å²) in [5.41, 5.74) is 1.32. The van der Waals surface area contributed by atoms with Crippen molar-refractivity contribution in [2.45, 2.75) is 44.6 Å². The zero-order chi connectivity index (χ0) is 17.1. The second-order valence-electron chi connectivity index (χ2n) is 6.82. The van der Waals surface area contributed by atoms with Crippen LogP contribution in [-0.4, -0.2) is 39.9 Å². The van der Waals surface area contributed by atoms with Crippen molar-refractivity contribution < 1.29 is 9.59 Å². The number of allylic oxidation sites excluding steroid dienone is 1. The summed E-state index contributed by atoms with van der Waals surface area (Å²) in [6, 6.07) is -0.299. The molecule has 130 valence electrons. The first-order chi connectivity index (χ1) is 11.6. The monoisotopic (exact) mass is 330 g/mol. The van der Waals surface area contributed by atoms with Crippen LogP contribution < -0.4 is 5.32 Å². The second kappa shape index (κ2) is 7.20. The predicted molar refractivity (Wildman–Crippen MR) is 91.0 cm³/mol. The molecule has 1 aromatic heterocycles. The van der Waals surface area contributed by atoms with Gasteiger partial charge in [-0.15, -0.1) is 0 Å². The van der Waals surface area contributed by atoms with E-state index in [0.29, 0.717) is 19.4 Å². The van der Waals surface area contributed by atoms with Gasteiger partial charge in [0.1, 0.15) is 11.9 Å². The number of aromatic nitrogens is 2. The van der Waals surface area contributed by atoms with Crippen molar-refractivity contribution >= 4 is 11.8 Å². The van der Waals surface area contributed by atoms with E-state index in [1.165, 1.54) is 18.4 Å². The molecule has 6 nitrogen and oxygen atoms in total. The Morgan fingerprint density at radius 1 is 1.33 bits per heavy atom. The van der Waals surface area contributed by atoms with Gasteiger partial charge in [0.05, 0.1) is 5.92 Å². The number of carbonyl (C=O) groups excluding carboxylic acids is 2. The quantitative estimate of drug-likeness (QED) is 0.858. The predicted octanol–water partition coefficient (Wildman–Crippen LogP) is 1.95. The summed E-state index contributed by atoms with van der Waals surface area (Å²) < 4.78 is 1.89. The molecule has 3 rings (SSSR count). The SMILES string of the molecule is CN1C(=O)CC[C@H](C(=O)NCC2=CCCCC2)[C@H]1c1nccn1C. The number of nitrogens with zero attached hydrogens (tertiary/aromatic N) is 3. The van der Waals surface area contributed by atoms with Crippen molar-refractivity contribution in [3.63, 3.8) is 0 Å². The Balaban J connectivity index is 1.73. The maximum Gasteiger partial charge on any atom is 0.225 e. The Morgan fingerprint density at radius 3 is 2.83 bits per heavy atom. The van der Waals surface area contributed by atoms with Gasteiger partial charge in [-0.3, -0.25) is 9.59 Å². The summed E-state index contributed by atoms with van der Waals surface area (Å²) in [5.74, 6) is 0.608. The largest absolute Gasteiger partial charge is 0.352 e. The van der Waals surface area contributed by atoms with Crippen LogP contribution in [0, 0.1) is 5.92 Å². The highest BCUT2D eigenvalue weighted by Crippen LogP contribution is 2.35. The molecule has 24 heavy (non-hydrogen) atoms. The number of hydrogen-bond acceptors (Lipinski definition) is 3. The smallest absolute Gasteiger partial charge is 0.225 e. The first kappa shape index (κ1) is 16.7. The van der Waals surface area contributed by atoms with Crippen molar-refractivity contribution in [1.29, 1.82) is 0 Å². The third-order valence-electron chi connectivity index (χ3n) is 5.20. The molecule has 2 heterocycles. The molecular formula is C18H26N4O2. The van der Waals surface area contributed by atoms with Gasteiger partial charge in [0.25, 0.3) is 0 Å². The van der Waals surface area contributed by atoms with E-state index in [0.717, 1.165) is 18.7 Å². The molecule has 0 unspecified atom stereocenters. The lowest BCUT2D eigenvalue weighted by molar-refractivity contribution is -0.142. The minimum Gasteiger partial charge on any atom is -0.352 e. The molecule has 0 radical (unpaired) electrons. The molecule has 1 aromatic rings. The number of nitrogens with one attached hydrogen (secondary N) is 1. The van der Waals surface area contributed by atoms with E-state index in [9.17, 15) is 9.59 Å². The molecule has 0 spiro atoms. The Morgan fingerprint density at radius 2 is 2.17 bits per heavy atom. The number of aryl methyl sites for hydroxylation is 1. The van der Waals surface area contributed by atoms with Crippen molar-refractivity contribution in [3.05, 3.63) is 29.9 Å². The number of hydrogen-bond donors (Lipinski definition) is 1. The molecule has 1 fully saturated rings. The van der Waals surface area contributed by atoms with Gasteiger partial charge in [0.2, 0.25) is 11.8 Å². The molecule has 0 bridgehead atoms. The summed E-state index contributed by atoms with van der Waals surface area (Å²) in [5, 5.41) is 3.09. The van der Waals surface area contributed by atoms with Gasteiger partial charge in [-0.25, -0.2) is 4.98 Å². The van der Waals surface area contributed by atoms with Crippen molar-refractivity contribution in [2.24, 2.45) is 13.0 Å². The molecule has 0 aromatic carbocycles. The average molecular weight is 330 g/mol. The van der Waals surface area contributed by atoms with E-state index in [1.54, 1.807) is 18.1 Å². The van der Waals surface area contributed by atoms with Crippen molar-refractivity contribution in [1.82, 2.24) is 19.8 Å². The van der Waals surface area contributed by atoms with Gasteiger partial charge in [-0.05, 0) is 32.1 Å². The standard InChI is InChI=1S/C18H26N4O2/c1-21-11-10-19-17(21)16-14(8-9-15(23)22(16)2)18(24)20-12-13-6-4-3-5-7-13/h6,10-11,14,16H,3-5,7-9,12H2,1-2H3,(H,20,24)/t14-,16-/m0/s1. The Kier molecular flexibility index (Phi) is 5.02. The fraction of sp³-hybridized carbons (Fsp3) is 0.611. The summed E-state index contributed by atoms with van der Waals surface area (Å²) in [6.07, 6.45) is 11.4. The molecule has 6 heteroatoms. The number of amides is 2. The molecule has 0 saturated carbocycles. The van der Waals surface area contributed by atoms with Crippen LogP contribution in [0.25, 0.3) is 0 Å². The highest BCUT2D eigenvalue weighted by Gasteiger charge is 2.40. The number of imidazole rings is 1. The van der Waals surface area contributed by atoms with E-state index in [-0.39, 0.29) is 23.8 Å². The maximum atomic E-state index is 12.8. The van der Waals surface area contributed by atoms with Crippen LogP contribution in [0.5, 0.6) is 0 Å². The van der Waals surface area contributed by atoms with Crippen molar-refractivity contribution in [2.75, 3.05) is 13.6 Å². The van der Waals surface area contributed by atoms with Crippen LogP contribution in [0.4, 0.5) is 0 Å². The van der Waals surface area contributed by atoms with Gasteiger partial charge in [-0.2, -0.15) is 0 Å². The number of piperidine rings is 1. The van der Waals surface area contributed by atoms with E-state index < -0.39 is 0 Å². The zero-order valence-corrected chi connectivity index (χ0v) is 14.5. The lowest BCUT2D eigenvalue weighted by atomic mass is 9.87. The van der Waals surface area contributed by atoms with E-state index in [1.807, 2.05) is 17.8 Å². The van der Waals surface area contributed by atoms with E-state index in [4.69, 9.17) is 0 Å². The first-order valence-electron chi connectivity index (χ1n) is 8.76. The highest BCUT2D eigenvalue weighted by atomic mass is 16.2. The minimum absolute atomic E-state index is 0.0221. The van der Waals surface area contributed by atoms with Crippen LogP contribution in [0.15, 0.2) is 24.0 Å². The van der Waals surface area contributed by atoms with Gasteiger partial charge in [0.15, 0.2) is 0 Å². The van der Waals surface area contributed by atoms with E-state index >= 15 is 0 Å². The molecular weight excluding hydrogens is 304 g/mol. The van der Waals surface area contributed by atoms with Gasteiger partial charge < -0.3 is 14.8 Å². The van der Waals surface area contributed by atoms with Crippen LogP contribution in [0.2, 0.25) is 0 Å². The zero-order valence-electron chi connectivity index (χ0n) is 14.5. The molecule has 1 N–H and O–H groups in total. The highest BCUT2D eigenvalue weighted by molar-refractivity contribution is 5.84. The molecule has 2 atom stereocenters. The van der Waals surface area contributed by atoms with Crippen LogP contribution >= 0.6 is 0 Å². The van der Waals surface area contributed by atoms with Gasteiger partial charge >= 0.3 is 0 Å². The lowest BCUT2D eigenvalue weighted by Gasteiger charge is -2.37. The summed E-state index contributed by atoms with van der Waals surface area (Å²) in [6.45, 7) is 0.625. The molecule has 2 aliphatic rings. The lowest BCUT2D eigenvalue weighted by Crippen LogP contribution is -2.47. The van der Waals surface area contributed by atoms with Gasteiger partial charge in [0, 0.05) is 39.5 Å². The second-order valence-corrected chi connectivity index (χ2v) is 6.82. The van der Waals surface area contributed by atoms with Crippen molar-refractivity contribution in [3.8, 4) is 0 Å². The Hall–Kier alpha value is -2.11. The topological polar surface area (TPSA) is 67.2 Å². The Bertz CT molecular complexity index is 649. The third kappa shape index (κ3) is 3.37. The summed E-state index contributed by atoms with van der Waals surface area (Å²) >= 11 is 0. The summed E-state index contributed by atoms with van der Waals surface area (Å²) in [7, 11) is 3.67. The molecule has 2 amide bonds. The number of likely N-dealkylation sites (tertiary alicyclic amines) is 1. The van der Waals surface area contributed by atoms with Crippen LogP contribution in [0.3, 0.4) is 0 Å². The van der Waals surface area contributed by atoms with Crippen LogP contribution in [0.1, 0.15) is 50.4 Å². The minimum atomic E-state index is -0.299. The third-order valence-corrected chi connectivity index (χ3v) is 5.20. The summed E-state index contributed by atoms with van der Waals surface area (Å²) in [4.78, 5) is 31.0. The first-order valence-corrected chi connectivity index (χ1v) is 8.76. The van der Waals surface area contributed by atoms with E-state index in [2.05, 4.69) is 16.4 Å². The fourth-order valence-electron chi connectivity index (χ4n) is 3.72. The molecule has 1 saturated heterocycles. The van der Waals surface area contributed by atoms with Crippen LogP contribution in [-0.2, 0) is 16.6 Å². The molecule has 1 aliphatic carbocycles. The maximum absolute atomic E-state index is 12.8. The van der Waals surface area contributed by atoms with Gasteiger partial charge in [-0.1, -0.05) is 11.6 Å². The fourth-order valence-corrected chi connectivity index (χ4v) is 3.72. The average Bonchev–Trinajstić information content (AvgIpc) is 3.01. The number of carbonyl (C=O) groups is 2. The normalized spacial score (nSPS) is 24.7. The number of rotatable bonds is 4. The molecule has 1 aliphatic heterocycles. The Labute approximate surface area is 142 Å².